The van der Waals surface area contributed by atoms with Crippen molar-refractivity contribution in [1.29, 1.82) is 0 Å². The molecule has 0 fully saturated rings. The minimum atomic E-state index is -0.703. The topological polar surface area (TPSA) is 64.3 Å². The molecule has 5 heteroatoms. The van der Waals surface area contributed by atoms with Crippen molar-refractivity contribution in [3.63, 3.8) is 0 Å². The van der Waals surface area contributed by atoms with Crippen LogP contribution in [0.15, 0.2) is 57.4 Å². The summed E-state index contributed by atoms with van der Waals surface area (Å²) in [6.07, 6.45) is 0. The number of aryl methyl sites for hydroxylation is 1. The Bertz CT molecular complexity index is 1060. The van der Waals surface area contributed by atoms with E-state index >= 15 is 0 Å². The minimum Gasteiger partial charge on any atom is -0.460 e. The first-order chi connectivity index (χ1) is 12.0. The summed E-state index contributed by atoms with van der Waals surface area (Å²) in [5.74, 6) is -1.04. The van der Waals surface area contributed by atoms with Gasteiger partial charge in [-0.25, -0.2) is 0 Å². The number of fused-ring (bicyclic) bond motifs is 3. The number of carbonyl (C=O) groups excluding carboxylic acids is 3. The number of Topliss-reactive ketones (excluding diaryl/α,β-unsaturated/α-hetero) is 2. The first-order valence-corrected chi connectivity index (χ1v) is 8.40. The van der Waals surface area contributed by atoms with Crippen molar-refractivity contribution in [2.45, 2.75) is 6.92 Å². The van der Waals surface area contributed by atoms with E-state index in [2.05, 4.69) is 15.9 Å². The number of halogens is 1. The van der Waals surface area contributed by atoms with Gasteiger partial charge in [0, 0.05) is 21.2 Å². The summed E-state index contributed by atoms with van der Waals surface area (Å²) >= 11 is 3.32. The molecule has 4 nitrogen and oxygen atoms in total. The normalized spacial score (nSPS) is 12.7. The molecule has 0 radical (unpaired) electrons. The summed E-state index contributed by atoms with van der Waals surface area (Å²) in [5.41, 5.74) is 1.49. The Morgan fingerprint density at radius 1 is 0.920 bits per heavy atom. The van der Waals surface area contributed by atoms with Crippen molar-refractivity contribution in [1.82, 2.24) is 0 Å². The number of carbonyl (C=O) groups is 3. The molecule has 0 amide bonds. The molecule has 0 aliphatic heterocycles. The highest BCUT2D eigenvalue weighted by molar-refractivity contribution is 9.10. The molecule has 1 aromatic heterocycles. The predicted octanol–water partition coefficient (Wildman–Crippen LogP) is 4.63. The standard InChI is InChI=1S/C20H11BrO4/c1-10-15(17(22)11-6-8-12(21)9-7-11)16-19(24)18(23)13-4-2-3-5-14(13)20(16)25-10/h2-9H,1H3. The molecule has 0 spiro atoms. The van der Waals surface area contributed by atoms with Gasteiger partial charge >= 0.3 is 0 Å². The summed E-state index contributed by atoms with van der Waals surface area (Å²) in [5, 5.41) is 0. The van der Waals surface area contributed by atoms with Crippen LogP contribution in [0.1, 0.15) is 42.4 Å². The highest BCUT2D eigenvalue weighted by Gasteiger charge is 2.38. The Morgan fingerprint density at radius 2 is 1.56 bits per heavy atom. The van der Waals surface area contributed by atoms with Gasteiger partial charge in [-0.3, -0.25) is 14.4 Å². The summed E-state index contributed by atoms with van der Waals surface area (Å²) < 4.78 is 6.59. The molecule has 0 atom stereocenters. The molecule has 3 aromatic rings. The number of hydrogen-bond acceptors (Lipinski definition) is 4. The lowest BCUT2D eigenvalue weighted by Gasteiger charge is -2.13. The largest absolute Gasteiger partial charge is 0.460 e. The maximum absolute atomic E-state index is 12.9. The van der Waals surface area contributed by atoms with Crippen LogP contribution < -0.4 is 0 Å². The molecule has 1 aliphatic rings. The minimum absolute atomic E-state index is 0.0640. The van der Waals surface area contributed by atoms with Crippen LogP contribution >= 0.6 is 15.9 Å². The Kier molecular flexibility index (Phi) is 3.54. The van der Waals surface area contributed by atoms with Gasteiger partial charge in [-0.05, 0) is 31.2 Å². The van der Waals surface area contributed by atoms with Gasteiger partial charge in [0.2, 0.25) is 11.6 Å². The van der Waals surface area contributed by atoms with E-state index in [4.69, 9.17) is 4.42 Å². The van der Waals surface area contributed by atoms with Crippen LogP contribution in [-0.4, -0.2) is 17.3 Å². The van der Waals surface area contributed by atoms with E-state index in [-0.39, 0.29) is 22.7 Å². The third kappa shape index (κ3) is 2.31. The first kappa shape index (κ1) is 15.7. The fraction of sp³-hybridized carbons (Fsp3) is 0.0500. The lowest BCUT2D eigenvalue weighted by atomic mass is 9.85. The van der Waals surface area contributed by atoms with Gasteiger partial charge in [0.15, 0.2) is 5.78 Å². The van der Waals surface area contributed by atoms with Crippen molar-refractivity contribution in [2.75, 3.05) is 0 Å². The van der Waals surface area contributed by atoms with Crippen molar-refractivity contribution >= 4 is 33.3 Å². The van der Waals surface area contributed by atoms with Crippen LogP contribution in [0.3, 0.4) is 0 Å². The molecule has 1 aliphatic carbocycles. The molecule has 122 valence electrons. The van der Waals surface area contributed by atoms with Gasteiger partial charge in [-0.2, -0.15) is 0 Å². The van der Waals surface area contributed by atoms with Crippen LogP contribution in [-0.2, 0) is 0 Å². The van der Waals surface area contributed by atoms with Gasteiger partial charge in [-0.1, -0.05) is 40.2 Å². The van der Waals surface area contributed by atoms with Crippen LogP contribution in [0.2, 0.25) is 0 Å². The Labute approximate surface area is 151 Å². The maximum atomic E-state index is 12.9. The lowest BCUT2D eigenvalue weighted by Crippen LogP contribution is -2.22. The Morgan fingerprint density at radius 3 is 2.24 bits per heavy atom. The quantitative estimate of drug-likeness (QED) is 0.469. The Balaban J connectivity index is 1.95. The molecular formula is C20H11BrO4. The van der Waals surface area contributed by atoms with Crippen LogP contribution in [0.4, 0.5) is 0 Å². The monoisotopic (exact) mass is 394 g/mol. The third-order valence-corrected chi connectivity index (χ3v) is 4.80. The van der Waals surface area contributed by atoms with E-state index in [1.165, 1.54) is 0 Å². The smallest absolute Gasteiger partial charge is 0.238 e. The number of furan rings is 1. The van der Waals surface area contributed by atoms with E-state index in [0.717, 1.165) is 4.47 Å². The first-order valence-electron chi connectivity index (χ1n) is 7.61. The zero-order valence-electron chi connectivity index (χ0n) is 13.1. The second-order valence-corrected chi connectivity index (χ2v) is 6.69. The maximum Gasteiger partial charge on any atom is 0.238 e. The fourth-order valence-electron chi connectivity index (χ4n) is 3.08. The SMILES string of the molecule is Cc1oc2c(c1C(=O)c1ccc(Br)cc1)C(=O)C(=O)c1ccccc1-2. The number of hydrogen-bond donors (Lipinski definition) is 0. The summed E-state index contributed by atoms with van der Waals surface area (Å²) in [6.45, 7) is 1.63. The fourth-order valence-corrected chi connectivity index (χ4v) is 3.35. The van der Waals surface area contributed by atoms with Gasteiger partial charge in [0.25, 0.3) is 0 Å². The molecule has 2 aromatic carbocycles. The summed E-state index contributed by atoms with van der Waals surface area (Å²) in [6, 6.07) is 13.6. The second kappa shape index (κ2) is 5.63. The van der Waals surface area contributed by atoms with E-state index in [0.29, 0.717) is 22.5 Å². The zero-order chi connectivity index (χ0) is 17.7. The number of ketones is 3. The van der Waals surface area contributed by atoms with Crippen molar-refractivity contribution in [2.24, 2.45) is 0 Å². The average Bonchev–Trinajstić information content (AvgIpc) is 2.97. The molecular weight excluding hydrogens is 384 g/mol. The Hall–Kier alpha value is -2.79. The van der Waals surface area contributed by atoms with Crippen LogP contribution in [0.5, 0.6) is 0 Å². The van der Waals surface area contributed by atoms with Gasteiger partial charge in [0.1, 0.15) is 11.5 Å². The molecule has 25 heavy (non-hydrogen) atoms. The molecule has 0 saturated carbocycles. The van der Waals surface area contributed by atoms with Crippen molar-refractivity contribution < 1.29 is 18.8 Å². The highest BCUT2D eigenvalue weighted by atomic mass is 79.9. The van der Waals surface area contributed by atoms with E-state index in [1.54, 1.807) is 55.5 Å². The zero-order valence-corrected chi connectivity index (χ0v) is 14.7. The molecule has 0 unspecified atom stereocenters. The van der Waals surface area contributed by atoms with Gasteiger partial charge in [0.05, 0.1) is 11.1 Å². The second-order valence-electron chi connectivity index (χ2n) is 5.78. The van der Waals surface area contributed by atoms with E-state index in [9.17, 15) is 14.4 Å². The van der Waals surface area contributed by atoms with Crippen LogP contribution in [0.25, 0.3) is 11.3 Å². The average molecular weight is 395 g/mol. The summed E-state index contributed by atoms with van der Waals surface area (Å²) in [7, 11) is 0. The summed E-state index contributed by atoms with van der Waals surface area (Å²) in [4.78, 5) is 38.0. The number of rotatable bonds is 2. The van der Waals surface area contributed by atoms with Crippen molar-refractivity contribution in [3.8, 4) is 11.3 Å². The molecule has 0 saturated heterocycles. The lowest BCUT2D eigenvalue weighted by molar-refractivity contribution is 0.0813. The van der Waals surface area contributed by atoms with Gasteiger partial charge in [-0.15, -0.1) is 0 Å². The third-order valence-electron chi connectivity index (χ3n) is 4.27. The van der Waals surface area contributed by atoms with Crippen molar-refractivity contribution in [3.05, 3.63) is 81.0 Å². The van der Waals surface area contributed by atoms with Gasteiger partial charge < -0.3 is 4.42 Å². The molecule has 4 rings (SSSR count). The molecule has 1 heterocycles. The predicted molar refractivity (Wildman–Crippen MR) is 95.1 cm³/mol. The highest BCUT2D eigenvalue weighted by Crippen LogP contribution is 2.39. The van der Waals surface area contributed by atoms with E-state index < -0.39 is 11.6 Å². The molecule has 0 bridgehead atoms. The van der Waals surface area contributed by atoms with Crippen LogP contribution in [0, 0.1) is 6.92 Å². The van der Waals surface area contributed by atoms with E-state index in [1.807, 2.05) is 0 Å². The molecule has 0 N–H and O–H groups in total. The number of benzene rings is 2.